The first kappa shape index (κ1) is 19.2. The van der Waals surface area contributed by atoms with Crippen LogP contribution in [0.15, 0.2) is 46.7 Å². The second kappa shape index (κ2) is 6.72. The number of carbonyl (C=O) groups excluding carboxylic acids is 3. The Kier molecular flexibility index (Phi) is 4.44. The Balaban J connectivity index is 1.73. The van der Waals surface area contributed by atoms with E-state index in [1.54, 1.807) is 7.05 Å². The lowest BCUT2D eigenvalue weighted by molar-refractivity contribution is -0.139. The molecule has 3 unspecified atom stereocenters. The van der Waals surface area contributed by atoms with E-state index in [9.17, 15) is 14.4 Å². The van der Waals surface area contributed by atoms with Gasteiger partial charge < -0.3 is 9.80 Å². The molecule has 0 N–H and O–H groups in total. The normalized spacial score (nSPS) is 24.8. The minimum atomic E-state index is -0.657. The fraction of sp³-hybridized carbons (Fsp3) is 0.429. The van der Waals surface area contributed by atoms with Crippen LogP contribution >= 0.6 is 0 Å². The van der Waals surface area contributed by atoms with Crippen molar-refractivity contribution < 1.29 is 14.4 Å². The number of allylic oxidation sites excluding steroid dienone is 2. The zero-order chi connectivity index (χ0) is 21.0. The van der Waals surface area contributed by atoms with Crippen LogP contribution in [-0.4, -0.2) is 69.1 Å². The van der Waals surface area contributed by atoms with Crippen LogP contribution in [0, 0.1) is 0 Å². The third-order valence-electron chi connectivity index (χ3n) is 5.98. The fourth-order valence-corrected chi connectivity index (χ4v) is 4.35. The van der Waals surface area contributed by atoms with Crippen molar-refractivity contribution in [1.29, 1.82) is 0 Å². The van der Waals surface area contributed by atoms with Crippen molar-refractivity contribution in [2.24, 2.45) is 4.99 Å². The van der Waals surface area contributed by atoms with E-state index in [2.05, 4.69) is 24.0 Å². The molecule has 0 radical (unpaired) electrons. The van der Waals surface area contributed by atoms with E-state index in [1.807, 2.05) is 36.9 Å². The van der Waals surface area contributed by atoms with Crippen molar-refractivity contribution >= 4 is 23.7 Å². The maximum absolute atomic E-state index is 13.2. The van der Waals surface area contributed by atoms with Crippen molar-refractivity contribution in [2.45, 2.75) is 45.9 Å². The fourth-order valence-electron chi connectivity index (χ4n) is 4.35. The van der Waals surface area contributed by atoms with E-state index in [0.717, 1.165) is 21.9 Å². The molecule has 1 fully saturated rings. The molecule has 1 aromatic carbocycles. The Morgan fingerprint density at radius 2 is 1.79 bits per heavy atom. The van der Waals surface area contributed by atoms with Gasteiger partial charge in [0.1, 0.15) is 5.78 Å². The number of fused-ring (bicyclic) bond motifs is 3. The number of aliphatic imine (C=N–C) groups is 1. The molecule has 3 atom stereocenters. The first-order chi connectivity index (χ1) is 13.7. The maximum atomic E-state index is 13.2. The van der Waals surface area contributed by atoms with Crippen LogP contribution in [0.1, 0.15) is 39.3 Å². The summed E-state index contributed by atoms with van der Waals surface area (Å²) in [6.07, 6.45) is -0.610. The molecular weight excluding hydrogens is 370 g/mol. The number of nitrogens with zero attached hydrogens (tertiary/aromatic N) is 5. The van der Waals surface area contributed by atoms with Gasteiger partial charge in [0.05, 0.1) is 12.6 Å². The summed E-state index contributed by atoms with van der Waals surface area (Å²) in [7, 11) is 1.63. The van der Waals surface area contributed by atoms with Crippen LogP contribution < -0.4 is 0 Å². The standard InChI is InChI=1S/C21H25N5O3/c1-12(27)11-24-19(28)17-18(23(5)21(24)29)22-20-25(13(2)14(3)26(17)20)15(4)16-9-7-6-8-10-16/h6-10,15,17-18H,11H2,1-5H3. The average molecular weight is 395 g/mol. The number of ketones is 1. The predicted octanol–water partition coefficient (Wildman–Crippen LogP) is 2.16. The molecule has 152 valence electrons. The summed E-state index contributed by atoms with van der Waals surface area (Å²) < 4.78 is 0. The topological polar surface area (TPSA) is 76.5 Å². The van der Waals surface area contributed by atoms with Crippen molar-refractivity contribution in [3.63, 3.8) is 0 Å². The van der Waals surface area contributed by atoms with Crippen molar-refractivity contribution in [3.05, 3.63) is 47.3 Å². The highest BCUT2D eigenvalue weighted by Crippen LogP contribution is 2.41. The molecule has 1 aromatic rings. The van der Waals surface area contributed by atoms with Gasteiger partial charge >= 0.3 is 6.03 Å². The van der Waals surface area contributed by atoms with Gasteiger partial charge in [0.2, 0.25) is 5.96 Å². The van der Waals surface area contributed by atoms with Gasteiger partial charge in [0, 0.05) is 18.4 Å². The van der Waals surface area contributed by atoms with Gasteiger partial charge in [-0.05, 0) is 33.3 Å². The van der Waals surface area contributed by atoms with Crippen molar-refractivity contribution in [3.8, 4) is 0 Å². The molecule has 0 bridgehead atoms. The molecule has 3 aliphatic heterocycles. The Morgan fingerprint density at radius 1 is 1.14 bits per heavy atom. The molecule has 1 saturated heterocycles. The molecule has 8 nitrogen and oxygen atoms in total. The number of imide groups is 1. The zero-order valence-corrected chi connectivity index (χ0v) is 17.3. The smallest absolute Gasteiger partial charge is 0.307 e. The quantitative estimate of drug-likeness (QED) is 0.781. The summed E-state index contributed by atoms with van der Waals surface area (Å²) in [6.45, 7) is 7.22. The van der Waals surface area contributed by atoms with Crippen molar-refractivity contribution in [2.75, 3.05) is 13.6 Å². The third-order valence-corrected chi connectivity index (χ3v) is 5.98. The van der Waals surface area contributed by atoms with Gasteiger partial charge in [-0.15, -0.1) is 0 Å². The highest BCUT2D eigenvalue weighted by atomic mass is 16.2. The number of amides is 3. The molecule has 3 aliphatic rings. The number of urea groups is 1. The van der Waals surface area contributed by atoms with Gasteiger partial charge in [-0.1, -0.05) is 30.3 Å². The molecule has 29 heavy (non-hydrogen) atoms. The summed E-state index contributed by atoms with van der Waals surface area (Å²) in [6, 6.07) is 8.97. The van der Waals surface area contributed by atoms with Crippen LogP contribution in [0.4, 0.5) is 4.79 Å². The number of carbonyl (C=O) groups is 3. The number of hydrogen-bond donors (Lipinski definition) is 0. The van der Waals surface area contributed by atoms with Gasteiger partial charge in [0.25, 0.3) is 5.91 Å². The second-order valence-corrected chi connectivity index (χ2v) is 7.80. The molecule has 3 heterocycles. The number of hydrogen-bond acceptors (Lipinski definition) is 6. The highest BCUT2D eigenvalue weighted by Gasteiger charge is 2.56. The molecule has 4 rings (SSSR count). The largest absolute Gasteiger partial charge is 0.328 e. The monoisotopic (exact) mass is 395 g/mol. The highest BCUT2D eigenvalue weighted by molar-refractivity contribution is 6.06. The molecule has 3 amide bonds. The predicted molar refractivity (Wildman–Crippen MR) is 107 cm³/mol. The molecule has 0 aliphatic carbocycles. The van der Waals surface area contributed by atoms with Crippen LogP contribution in [0.25, 0.3) is 0 Å². The lowest BCUT2D eigenvalue weighted by Crippen LogP contribution is -2.65. The Morgan fingerprint density at radius 3 is 2.41 bits per heavy atom. The lowest BCUT2D eigenvalue weighted by atomic mass is 10.1. The summed E-state index contributed by atoms with van der Waals surface area (Å²) in [4.78, 5) is 48.8. The third kappa shape index (κ3) is 2.73. The van der Waals surface area contributed by atoms with Gasteiger partial charge in [-0.25, -0.2) is 9.79 Å². The van der Waals surface area contributed by atoms with E-state index in [0.29, 0.717) is 5.96 Å². The summed E-state index contributed by atoms with van der Waals surface area (Å²) >= 11 is 0. The summed E-state index contributed by atoms with van der Waals surface area (Å²) in [5.74, 6) is 0.0549. The molecule has 0 aromatic heterocycles. The summed E-state index contributed by atoms with van der Waals surface area (Å²) in [5.41, 5.74) is 3.08. The SMILES string of the molecule is CC(=O)CN1C(=O)C2C(N=C3N(C(C)c4ccccc4)C(C)=C(C)N32)N(C)C1=O. The van der Waals surface area contributed by atoms with Crippen LogP contribution in [-0.2, 0) is 9.59 Å². The van der Waals surface area contributed by atoms with Gasteiger partial charge in [0.15, 0.2) is 12.2 Å². The lowest BCUT2D eigenvalue weighted by Gasteiger charge is -2.40. The Hall–Kier alpha value is -3.16. The second-order valence-electron chi connectivity index (χ2n) is 7.80. The van der Waals surface area contributed by atoms with Crippen LogP contribution in [0.2, 0.25) is 0 Å². The van der Waals surface area contributed by atoms with Crippen molar-refractivity contribution in [1.82, 2.24) is 19.6 Å². The van der Waals surface area contributed by atoms with E-state index in [-0.39, 0.29) is 24.3 Å². The number of benzene rings is 1. The van der Waals surface area contributed by atoms with E-state index < -0.39 is 18.2 Å². The maximum Gasteiger partial charge on any atom is 0.328 e. The average Bonchev–Trinajstić information content (AvgIpc) is 3.19. The molecular formula is C21H25N5O3. The van der Waals surface area contributed by atoms with E-state index in [4.69, 9.17) is 4.99 Å². The molecule has 8 heteroatoms. The van der Waals surface area contributed by atoms with Crippen LogP contribution in [0.3, 0.4) is 0 Å². The number of Topliss-reactive ketones (excluding diaryl/α,β-unsaturated/α-hetero) is 1. The minimum absolute atomic E-state index is 0.0134. The summed E-state index contributed by atoms with van der Waals surface area (Å²) in [5, 5.41) is 0. The number of likely N-dealkylation sites (N-methyl/N-ethyl adjacent to an activating group) is 1. The first-order valence-corrected chi connectivity index (χ1v) is 9.70. The minimum Gasteiger partial charge on any atom is -0.307 e. The molecule has 0 spiro atoms. The Bertz CT molecular complexity index is 954. The van der Waals surface area contributed by atoms with Crippen LogP contribution in [0.5, 0.6) is 0 Å². The van der Waals surface area contributed by atoms with Gasteiger partial charge in [-0.2, -0.15) is 0 Å². The first-order valence-electron chi connectivity index (χ1n) is 9.70. The Labute approximate surface area is 170 Å². The van der Waals surface area contributed by atoms with E-state index in [1.165, 1.54) is 11.8 Å². The number of rotatable bonds is 4. The van der Waals surface area contributed by atoms with E-state index >= 15 is 0 Å². The molecule has 0 saturated carbocycles. The van der Waals surface area contributed by atoms with Gasteiger partial charge in [-0.3, -0.25) is 19.4 Å². The number of guanidine groups is 1. The zero-order valence-electron chi connectivity index (χ0n) is 17.3.